The minimum Gasteiger partial charge on any atom is -0.463 e. The van der Waals surface area contributed by atoms with E-state index in [1.54, 1.807) is 0 Å². The van der Waals surface area contributed by atoms with E-state index in [-0.39, 0.29) is 64.7 Å². The van der Waals surface area contributed by atoms with Crippen molar-refractivity contribution in [1.29, 1.82) is 0 Å². The van der Waals surface area contributed by atoms with E-state index in [0.29, 0.717) is 28.7 Å². The zero-order valence-electron chi connectivity index (χ0n) is 44.8. The van der Waals surface area contributed by atoms with Gasteiger partial charge in [0.2, 0.25) is 23.5 Å². The summed E-state index contributed by atoms with van der Waals surface area (Å²) in [5, 5.41) is 25.7. The number of hydrogen-bond acceptors (Lipinski definition) is 27. The Bertz CT molecular complexity index is 3680. The van der Waals surface area contributed by atoms with Crippen LogP contribution < -0.4 is 27.8 Å². The molecule has 0 spiro atoms. The lowest BCUT2D eigenvalue weighted by Crippen LogP contribution is -2.45. The SMILES string of the molecule is C#C[C@]1(F)C(O)[C@@H](CO)O[C@H]1n1cnc2c(NC3CC3)nc(N)nc21.C#C[C@]1(F)C(OC(C)=O)[C@@H](COC(C)=O)O[C@H]1n1cnc2c(Cl)nc(N)nc21.C#C[C@]1(F)C(OC(C)=O)[C@@H](COC(C)=O)O[C@H]1n1cnc2c(NC3CC3)nc(N)nc21. The third-order valence-corrected chi connectivity index (χ3v) is 13.7. The van der Waals surface area contributed by atoms with Crippen LogP contribution in [0.1, 0.15) is 72.1 Å². The molecule has 12 atom stereocenters. The van der Waals surface area contributed by atoms with Crippen molar-refractivity contribution >= 4 is 98.5 Å². The van der Waals surface area contributed by atoms with Crippen molar-refractivity contribution in [3.05, 3.63) is 24.1 Å². The predicted octanol–water partition coefficient (Wildman–Crippen LogP) is 1.09. The van der Waals surface area contributed by atoms with E-state index in [0.717, 1.165) is 39.5 Å². The average molecular weight is 1190 g/mol. The standard InChI is InChI=1S/C19H21FN6O5.C16H15ClFN5O5.C15H17FN6O3/c1-4-19(20)14(30-10(3)28)12(7-29-9(2)27)31-17(19)26-8-22-13-15(23-11-5-6-11)24-18(21)25-16(13)26;1-4-16(18)11(27-8(3)25)9(5-26-7(2)24)28-14(16)23-6-20-10-12(17)21-15(19)22-13(10)23;1-2-15(16)10(24)8(5-23)25-13(15)22-6-18-9-11(19-7-3-4-7)20-14(17)21-12(9)22/h1,8,11-12,14,17H,5-7H2,2-3H3,(H3,21,23,24,25);1,6,9,11,14H,5H2,2-3H3,(H2,19,21,22);1,6-8,10,13,23-24H,3-5H2,(H3,17,19,20,21)/t12-,14?,17-,19+;9-,11?,14-,16+;8-,10?,13-,15+/m111/s1. The number of imidazole rings is 3. The maximum atomic E-state index is 16.1. The molecule has 444 valence electrons. The third-order valence-electron chi connectivity index (χ3n) is 13.5. The number of halogens is 4. The first kappa shape index (κ1) is 59.7. The molecule has 6 aromatic rings. The van der Waals surface area contributed by atoms with Gasteiger partial charge in [-0.15, -0.1) is 19.3 Å². The summed E-state index contributed by atoms with van der Waals surface area (Å²) < 4.78 is 87.8. The molecule has 0 amide bonds. The molecule has 3 unspecified atom stereocenters. The first-order chi connectivity index (χ1) is 39.9. The van der Waals surface area contributed by atoms with E-state index < -0.39 is 103 Å². The number of alkyl halides is 3. The van der Waals surface area contributed by atoms with Crippen LogP contribution in [-0.2, 0) is 52.3 Å². The molecular weight excluding hydrogens is 1140 g/mol. The number of nitrogen functional groups attached to an aromatic ring is 3. The molecule has 5 fully saturated rings. The molecule has 34 heteroatoms. The zero-order chi connectivity index (χ0) is 60.7. The number of nitrogens with two attached hydrogens (primary N) is 3. The summed E-state index contributed by atoms with van der Waals surface area (Å²) in [6.07, 6.45) is 11.4. The van der Waals surface area contributed by atoms with Gasteiger partial charge in [0.05, 0.1) is 25.6 Å². The van der Waals surface area contributed by atoms with Crippen molar-refractivity contribution in [2.45, 2.75) is 138 Å². The summed E-state index contributed by atoms with van der Waals surface area (Å²) in [6, 6.07) is 0.565. The van der Waals surface area contributed by atoms with Gasteiger partial charge in [-0.25, -0.2) is 28.1 Å². The van der Waals surface area contributed by atoms with Crippen LogP contribution in [-0.4, -0.2) is 178 Å². The van der Waals surface area contributed by atoms with Gasteiger partial charge in [-0.2, -0.15) is 29.9 Å². The van der Waals surface area contributed by atoms with Crippen molar-refractivity contribution in [2.24, 2.45) is 0 Å². The van der Waals surface area contributed by atoms with E-state index in [4.69, 9.17) is 81.2 Å². The summed E-state index contributed by atoms with van der Waals surface area (Å²) in [4.78, 5) is 82.4. The number of rotatable bonds is 14. The highest BCUT2D eigenvalue weighted by atomic mass is 35.5. The lowest BCUT2D eigenvalue weighted by molar-refractivity contribution is -0.159. The van der Waals surface area contributed by atoms with Gasteiger partial charge in [-0.05, 0) is 25.7 Å². The number of nitrogens with one attached hydrogen (secondary N) is 2. The molecule has 11 rings (SSSR count). The van der Waals surface area contributed by atoms with Crippen molar-refractivity contribution < 1.29 is 75.7 Å². The van der Waals surface area contributed by atoms with Gasteiger partial charge in [-0.1, -0.05) is 29.4 Å². The number of carbonyl (C=O) groups is 4. The van der Waals surface area contributed by atoms with E-state index in [1.165, 1.54) is 46.5 Å². The second-order valence-corrected chi connectivity index (χ2v) is 20.0. The summed E-state index contributed by atoms with van der Waals surface area (Å²) in [6.45, 7) is 3.23. The van der Waals surface area contributed by atoms with Crippen LogP contribution in [0.2, 0.25) is 5.15 Å². The molecule has 3 saturated heterocycles. The van der Waals surface area contributed by atoms with E-state index >= 15 is 13.2 Å². The number of hydrogen-bond donors (Lipinski definition) is 7. The molecule has 10 N–H and O–H groups in total. The predicted molar refractivity (Wildman–Crippen MR) is 285 cm³/mol. The Morgan fingerprint density at radius 1 is 0.619 bits per heavy atom. The first-order valence-electron chi connectivity index (χ1n) is 25.4. The number of nitrogens with zero attached hydrogens (tertiary/aromatic N) is 12. The fourth-order valence-corrected chi connectivity index (χ4v) is 9.54. The fraction of sp³-hybridized carbons (Fsp3) is 0.500. The highest BCUT2D eigenvalue weighted by molar-refractivity contribution is 6.33. The maximum absolute atomic E-state index is 16.1. The molecule has 2 aliphatic carbocycles. The summed E-state index contributed by atoms with van der Waals surface area (Å²) in [5.41, 5.74) is 10.8. The Balaban J connectivity index is 0.000000152. The van der Waals surface area contributed by atoms with Crippen molar-refractivity contribution in [2.75, 3.05) is 47.7 Å². The number of aromatic nitrogens is 12. The smallest absolute Gasteiger partial charge is 0.303 e. The van der Waals surface area contributed by atoms with Gasteiger partial charge in [0.1, 0.15) is 43.1 Å². The Labute approximate surface area is 478 Å². The molecule has 5 aliphatic rings. The Morgan fingerprint density at radius 2 is 0.976 bits per heavy atom. The molecule has 30 nitrogen and oxygen atoms in total. The second-order valence-electron chi connectivity index (χ2n) is 19.7. The van der Waals surface area contributed by atoms with E-state index in [2.05, 4.69) is 55.5 Å². The third kappa shape index (κ3) is 11.6. The lowest BCUT2D eigenvalue weighted by atomic mass is 9.96. The first-order valence-corrected chi connectivity index (χ1v) is 25.8. The number of terminal acetylenes is 3. The molecular formula is C50H53ClF3N17O13. The second kappa shape index (κ2) is 23.4. The van der Waals surface area contributed by atoms with Crippen molar-refractivity contribution in [3.63, 3.8) is 0 Å². The summed E-state index contributed by atoms with van der Waals surface area (Å²) >= 11 is 5.99. The average Bonchev–Trinajstić information content (AvgIpc) is 1.92. The number of aliphatic hydroxyl groups is 2. The molecule has 3 aliphatic heterocycles. The van der Waals surface area contributed by atoms with Gasteiger partial charge in [0.25, 0.3) is 11.3 Å². The van der Waals surface area contributed by atoms with Gasteiger partial charge in [-0.3, -0.25) is 32.9 Å². The van der Waals surface area contributed by atoms with Gasteiger partial charge < -0.3 is 71.2 Å². The Hall–Kier alpha value is -8.91. The molecule has 0 aromatic carbocycles. The Morgan fingerprint density at radius 3 is 1.33 bits per heavy atom. The number of aliphatic hydroxyl groups excluding tert-OH is 2. The number of fused-ring (bicyclic) bond motifs is 3. The molecule has 2 saturated carbocycles. The van der Waals surface area contributed by atoms with Crippen LogP contribution >= 0.6 is 11.6 Å². The number of carbonyl (C=O) groups excluding carboxylic acids is 4. The minimum absolute atomic E-state index is 0.0141. The maximum Gasteiger partial charge on any atom is 0.303 e. The van der Waals surface area contributed by atoms with Crippen LogP contribution in [0.15, 0.2) is 19.0 Å². The van der Waals surface area contributed by atoms with E-state index in [1.807, 2.05) is 17.8 Å². The lowest BCUT2D eigenvalue weighted by Gasteiger charge is -2.26. The van der Waals surface area contributed by atoms with Crippen LogP contribution in [0.5, 0.6) is 0 Å². The summed E-state index contributed by atoms with van der Waals surface area (Å²) in [5.74, 6) is 3.80. The topological polar surface area (TPSA) is 406 Å². The van der Waals surface area contributed by atoms with Crippen molar-refractivity contribution in [3.8, 4) is 37.0 Å². The zero-order valence-corrected chi connectivity index (χ0v) is 45.5. The van der Waals surface area contributed by atoms with Crippen LogP contribution in [0.4, 0.5) is 42.7 Å². The van der Waals surface area contributed by atoms with E-state index in [9.17, 15) is 29.4 Å². The molecule has 0 radical (unpaired) electrons. The van der Waals surface area contributed by atoms with Gasteiger partial charge >= 0.3 is 23.9 Å². The largest absolute Gasteiger partial charge is 0.463 e. The number of anilines is 5. The number of esters is 4. The normalized spacial score (nSPS) is 28.6. The van der Waals surface area contributed by atoms with Gasteiger partial charge in [0, 0.05) is 39.8 Å². The van der Waals surface area contributed by atoms with Crippen molar-refractivity contribution in [1.82, 2.24) is 58.6 Å². The quantitative estimate of drug-likeness (QED) is 0.0347. The molecule has 9 heterocycles. The minimum atomic E-state index is -2.63. The molecule has 6 aromatic heterocycles. The molecule has 84 heavy (non-hydrogen) atoms. The van der Waals surface area contributed by atoms with Gasteiger partial charge in [0.15, 0.2) is 75.7 Å². The highest BCUT2D eigenvalue weighted by Gasteiger charge is 2.63. The number of ether oxygens (including phenoxy) is 7. The van der Waals surface area contributed by atoms with Crippen LogP contribution in [0, 0.1) is 37.0 Å². The fourth-order valence-electron chi connectivity index (χ4n) is 9.32. The molecule has 0 bridgehead atoms. The van der Waals surface area contributed by atoms with Crippen LogP contribution in [0.25, 0.3) is 33.5 Å². The summed E-state index contributed by atoms with van der Waals surface area (Å²) in [7, 11) is 0. The highest BCUT2D eigenvalue weighted by Crippen LogP contribution is 2.47. The van der Waals surface area contributed by atoms with Crippen LogP contribution in [0.3, 0.4) is 0 Å². The Kier molecular flexibility index (Phi) is 16.6. The monoisotopic (exact) mass is 1190 g/mol.